The molecule has 8 heteroatoms. The van der Waals surface area contributed by atoms with Crippen LogP contribution in [-0.4, -0.2) is 30.9 Å². The summed E-state index contributed by atoms with van der Waals surface area (Å²) in [5.74, 6) is 2.30. The van der Waals surface area contributed by atoms with Crippen LogP contribution in [-0.2, 0) is 6.54 Å². The van der Waals surface area contributed by atoms with Gasteiger partial charge in [0.15, 0.2) is 22.8 Å². The van der Waals surface area contributed by atoms with Crippen molar-refractivity contribution in [1.82, 2.24) is 24.1 Å². The molecule has 32 heavy (non-hydrogen) atoms. The molecule has 0 bridgehead atoms. The quantitative estimate of drug-likeness (QED) is 0.433. The van der Waals surface area contributed by atoms with Crippen LogP contribution in [0.3, 0.4) is 0 Å². The van der Waals surface area contributed by atoms with Crippen LogP contribution in [0.25, 0.3) is 38.9 Å². The number of para-hydroxylation sites is 2. The average molecular weight is 427 g/mol. The van der Waals surface area contributed by atoms with Crippen molar-refractivity contribution in [3.63, 3.8) is 0 Å². The molecule has 0 unspecified atom stereocenters. The van der Waals surface area contributed by atoms with Gasteiger partial charge in [-0.25, -0.2) is 15.0 Å². The predicted octanol–water partition coefficient (Wildman–Crippen LogP) is 3.98. The van der Waals surface area contributed by atoms with E-state index in [0.29, 0.717) is 52.0 Å². The van der Waals surface area contributed by atoms with Crippen molar-refractivity contribution < 1.29 is 9.47 Å². The Morgan fingerprint density at radius 2 is 1.72 bits per heavy atom. The van der Waals surface area contributed by atoms with Crippen molar-refractivity contribution >= 4 is 33.2 Å². The van der Waals surface area contributed by atoms with Crippen molar-refractivity contribution in [3.05, 3.63) is 58.6 Å². The third-order valence-electron chi connectivity index (χ3n) is 5.72. The van der Waals surface area contributed by atoms with E-state index >= 15 is 0 Å². The highest BCUT2D eigenvalue weighted by molar-refractivity contribution is 6.05. The summed E-state index contributed by atoms with van der Waals surface area (Å²) in [5.41, 5.74) is 3.85. The largest absolute Gasteiger partial charge is 0.454 e. The van der Waals surface area contributed by atoms with Crippen LogP contribution in [0, 0.1) is 12.8 Å². The molecule has 1 aliphatic heterocycles. The number of fused-ring (bicyclic) bond motifs is 5. The highest BCUT2D eigenvalue weighted by atomic mass is 16.7. The van der Waals surface area contributed by atoms with Crippen LogP contribution >= 0.6 is 0 Å². The summed E-state index contributed by atoms with van der Waals surface area (Å²) in [5, 5.41) is 0.474. The Kier molecular flexibility index (Phi) is 3.98. The molecule has 4 heterocycles. The van der Waals surface area contributed by atoms with Crippen molar-refractivity contribution in [2.24, 2.45) is 5.92 Å². The first-order chi connectivity index (χ1) is 15.5. The van der Waals surface area contributed by atoms with Crippen molar-refractivity contribution in [3.8, 4) is 17.2 Å². The Morgan fingerprint density at radius 3 is 2.50 bits per heavy atom. The summed E-state index contributed by atoms with van der Waals surface area (Å²) >= 11 is 0. The van der Waals surface area contributed by atoms with Crippen LogP contribution in [0.2, 0.25) is 0 Å². The zero-order chi connectivity index (χ0) is 22.0. The van der Waals surface area contributed by atoms with E-state index in [-0.39, 0.29) is 12.4 Å². The Morgan fingerprint density at radius 1 is 0.969 bits per heavy atom. The van der Waals surface area contributed by atoms with Gasteiger partial charge < -0.3 is 9.47 Å². The molecule has 0 atom stereocenters. The van der Waals surface area contributed by atoms with Crippen LogP contribution in [0.4, 0.5) is 0 Å². The lowest BCUT2D eigenvalue weighted by Gasteiger charge is -2.12. The van der Waals surface area contributed by atoms with Crippen LogP contribution in [0.1, 0.15) is 19.7 Å². The van der Waals surface area contributed by atoms with E-state index in [9.17, 15) is 4.79 Å². The Balaban J connectivity index is 1.77. The number of rotatable bonds is 3. The van der Waals surface area contributed by atoms with Gasteiger partial charge in [0.25, 0.3) is 5.56 Å². The summed E-state index contributed by atoms with van der Waals surface area (Å²) < 4.78 is 14.7. The maximum absolute atomic E-state index is 13.7. The lowest BCUT2D eigenvalue weighted by molar-refractivity contribution is 0.174. The summed E-state index contributed by atoms with van der Waals surface area (Å²) in [6, 6.07) is 13.3. The molecule has 3 aromatic heterocycles. The Labute approximate surface area is 183 Å². The molecule has 8 nitrogen and oxygen atoms in total. The maximum Gasteiger partial charge on any atom is 0.265 e. The van der Waals surface area contributed by atoms with E-state index in [1.54, 1.807) is 4.57 Å². The third-order valence-corrected chi connectivity index (χ3v) is 5.72. The van der Waals surface area contributed by atoms with Gasteiger partial charge in [0, 0.05) is 12.6 Å². The smallest absolute Gasteiger partial charge is 0.265 e. The first-order valence-electron chi connectivity index (χ1n) is 10.6. The van der Waals surface area contributed by atoms with Gasteiger partial charge in [-0.15, -0.1) is 0 Å². The molecule has 6 rings (SSSR count). The second kappa shape index (κ2) is 6.78. The fourth-order valence-electron chi connectivity index (χ4n) is 4.28. The SMILES string of the molecule is Cc1nc2c(c(=O)n1CC(C)C)c1nc3ccccc3nc1n2-c1ccc2c(c1)OCO2. The van der Waals surface area contributed by atoms with Gasteiger partial charge in [-0.1, -0.05) is 26.0 Å². The molecule has 0 fully saturated rings. The summed E-state index contributed by atoms with van der Waals surface area (Å²) in [6.07, 6.45) is 0. The molecular formula is C24H21N5O3. The fraction of sp³-hybridized carbons (Fsp3) is 0.250. The van der Waals surface area contributed by atoms with E-state index in [1.165, 1.54) is 0 Å². The molecule has 0 N–H and O–H groups in total. The number of aromatic nitrogens is 5. The maximum atomic E-state index is 13.7. The molecule has 160 valence electrons. The lowest BCUT2D eigenvalue weighted by atomic mass is 10.2. The summed E-state index contributed by atoms with van der Waals surface area (Å²) in [6.45, 7) is 6.81. The topological polar surface area (TPSA) is 84.1 Å². The van der Waals surface area contributed by atoms with E-state index in [1.807, 2.05) is 54.0 Å². The first kappa shape index (κ1) is 18.8. The molecule has 1 aliphatic rings. The summed E-state index contributed by atoms with van der Waals surface area (Å²) in [4.78, 5) is 28.3. The standard InChI is InChI=1S/C24H21N5O3/c1-13(2)11-28-14(3)25-22-20(24(28)30)21-23(27-17-7-5-4-6-16(17)26-21)29(22)15-8-9-18-19(10-15)32-12-31-18/h4-10,13H,11-12H2,1-3H3. The van der Waals surface area contributed by atoms with E-state index < -0.39 is 0 Å². The molecule has 2 aromatic carbocycles. The summed E-state index contributed by atoms with van der Waals surface area (Å²) in [7, 11) is 0. The molecule has 0 radical (unpaired) electrons. The second-order valence-electron chi connectivity index (χ2n) is 8.42. The van der Waals surface area contributed by atoms with Gasteiger partial charge in [-0.3, -0.25) is 13.9 Å². The number of hydrogen-bond donors (Lipinski definition) is 0. The molecule has 0 amide bonds. The zero-order valence-corrected chi connectivity index (χ0v) is 18.0. The first-order valence-corrected chi connectivity index (χ1v) is 10.6. The van der Waals surface area contributed by atoms with Crippen LogP contribution in [0.5, 0.6) is 11.5 Å². The fourth-order valence-corrected chi connectivity index (χ4v) is 4.28. The number of benzene rings is 2. The zero-order valence-electron chi connectivity index (χ0n) is 18.0. The minimum Gasteiger partial charge on any atom is -0.454 e. The number of aryl methyl sites for hydroxylation is 1. The number of hydrogen-bond acceptors (Lipinski definition) is 6. The van der Waals surface area contributed by atoms with Crippen molar-refractivity contribution in [2.75, 3.05) is 6.79 Å². The average Bonchev–Trinajstić information content (AvgIpc) is 3.36. The molecule has 0 saturated heterocycles. The Hall–Kier alpha value is -3.94. The monoisotopic (exact) mass is 427 g/mol. The van der Waals surface area contributed by atoms with E-state index in [4.69, 9.17) is 24.4 Å². The molecular weight excluding hydrogens is 406 g/mol. The number of nitrogens with zero attached hydrogens (tertiary/aromatic N) is 5. The highest BCUT2D eigenvalue weighted by Gasteiger charge is 2.24. The minimum atomic E-state index is -0.102. The number of ether oxygens (including phenoxy) is 2. The van der Waals surface area contributed by atoms with Gasteiger partial charge in [0.2, 0.25) is 6.79 Å². The van der Waals surface area contributed by atoms with Crippen molar-refractivity contribution in [1.29, 1.82) is 0 Å². The second-order valence-corrected chi connectivity index (χ2v) is 8.42. The molecule has 0 spiro atoms. The lowest BCUT2D eigenvalue weighted by Crippen LogP contribution is -2.26. The van der Waals surface area contributed by atoms with Crippen LogP contribution in [0.15, 0.2) is 47.3 Å². The Bertz CT molecular complexity index is 1600. The molecule has 0 saturated carbocycles. The van der Waals surface area contributed by atoms with Gasteiger partial charge >= 0.3 is 0 Å². The predicted molar refractivity (Wildman–Crippen MR) is 122 cm³/mol. The molecule has 5 aromatic rings. The third kappa shape index (κ3) is 2.69. The van der Waals surface area contributed by atoms with E-state index in [2.05, 4.69) is 13.8 Å². The van der Waals surface area contributed by atoms with Gasteiger partial charge in [0.05, 0.1) is 16.7 Å². The van der Waals surface area contributed by atoms with E-state index in [0.717, 1.165) is 16.7 Å². The van der Waals surface area contributed by atoms with Crippen molar-refractivity contribution in [2.45, 2.75) is 27.3 Å². The van der Waals surface area contributed by atoms with Crippen LogP contribution < -0.4 is 15.0 Å². The van der Waals surface area contributed by atoms with Gasteiger partial charge in [-0.2, -0.15) is 0 Å². The molecule has 0 aliphatic carbocycles. The minimum absolute atomic E-state index is 0.102. The van der Waals surface area contributed by atoms with Gasteiger partial charge in [-0.05, 0) is 37.1 Å². The normalized spacial score (nSPS) is 13.1. The highest BCUT2D eigenvalue weighted by Crippen LogP contribution is 2.36. The van der Waals surface area contributed by atoms with Gasteiger partial charge in [0.1, 0.15) is 16.7 Å².